The van der Waals surface area contributed by atoms with Gasteiger partial charge in [-0.1, -0.05) is 26.0 Å². The number of fused-ring (bicyclic) bond motifs is 2. The molecule has 0 bridgehead atoms. The van der Waals surface area contributed by atoms with Crippen LogP contribution in [-0.2, 0) is 19.4 Å². The maximum absolute atomic E-state index is 13.5. The predicted octanol–water partition coefficient (Wildman–Crippen LogP) is 4.51. The number of benzene rings is 1. The Morgan fingerprint density at radius 2 is 1.78 bits per heavy atom. The van der Waals surface area contributed by atoms with Gasteiger partial charge in [-0.25, -0.2) is 9.78 Å². The van der Waals surface area contributed by atoms with E-state index in [1.165, 1.54) is 12.1 Å². The second-order valence-electron chi connectivity index (χ2n) is 8.59. The van der Waals surface area contributed by atoms with Crippen molar-refractivity contribution in [3.05, 3.63) is 88.8 Å². The number of hydrogen-bond donors (Lipinski definition) is 2. The van der Waals surface area contributed by atoms with Gasteiger partial charge in [-0.15, -0.1) is 0 Å². The van der Waals surface area contributed by atoms with Gasteiger partial charge in [-0.3, -0.25) is 18.9 Å². The number of carbonyl (C=O) groups excluding carboxylic acids is 1. The van der Waals surface area contributed by atoms with Gasteiger partial charge in [0.15, 0.2) is 0 Å². The Morgan fingerprint density at radius 1 is 1.00 bits per heavy atom. The molecule has 0 fully saturated rings. The topological polar surface area (TPSA) is 114 Å². The molecule has 0 atom stereocenters. The van der Waals surface area contributed by atoms with Gasteiger partial charge in [0.1, 0.15) is 11.3 Å². The maximum atomic E-state index is 13.5. The van der Waals surface area contributed by atoms with Gasteiger partial charge in [0, 0.05) is 17.3 Å². The molecule has 4 aromatic heterocycles. The summed E-state index contributed by atoms with van der Waals surface area (Å²) in [6, 6.07) is 14.6. The van der Waals surface area contributed by atoms with Gasteiger partial charge in [0.25, 0.3) is 5.91 Å². The minimum absolute atomic E-state index is 0.120. The third kappa shape index (κ3) is 4.08. The van der Waals surface area contributed by atoms with E-state index in [0.717, 1.165) is 28.0 Å². The second-order valence-corrected chi connectivity index (χ2v) is 8.59. The molecule has 9 heteroatoms. The fourth-order valence-corrected chi connectivity index (χ4v) is 4.52. The summed E-state index contributed by atoms with van der Waals surface area (Å²) in [5.74, 6) is -1.36. The number of carboxylic acid groups (broad SMARTS) is 1. The fraction of sp³-hybridized carbons (Fsp3) is 0.222. The molecule has 0 radical (unpaired) electrons. The predicted molar refractivity (Wildman–Crippen MR) is 137 cm³/mol. The minimum atomic E-state index is -1.04. The van der Waals surface area contributed by atoms with Crippen molar-refractivity contribution in [3.8, 4) is 0 Å². The third-order valence-corrected chi connectivity index (χ3v) is 6.19. The van der Waals surface area contributed by atoms with E-state index in [9.17, 15) is 14.7 Å². The minimum Gasteiger partial charge on any atom is -0.478 e. The number of nitrogens with one attached hydrogen (secondary N) is 1. The van der Waals surface area contributed by atoms with E-state index in [1.54, 1.807) is 10.6 Å². The van der Waals surface area contributed by atoms with E-state index in [1.807, 2.05) is 61.9 Å². The van der Waals surface area contributed by atoms with Crippen molar-refractivity contribution in [1.29, 1.82) is 0 Å². The first-order chi connectivity index (χ1) is 17.4. The summed E-state index contributed by atoms with van der Waals surface area (Å²) in [5, 5.41) is 18.1. The Hall–Kier alpha value is -4.53. The Labute approximate surface area is 207 Å². The van der Waals surface area contributed by atoms with Gasteiger partial charge in [0.05, 0.1) is 40.4 Å². The standard InChI is InChI=1S/C27H26N6O3/c1-4-19-24-21(10-7-11-22(24)33(31-19)15-18-9-6-8-16(3)28-18)30-26(34)25-20(5-2)29-23-14-17(27(35)36)12-13-32(23)25/h6-14H,4-5,15H2,1-3H3,(H,30,34)(H,35,36). The molecular formula is C27H26N6O3. The Morgan fingerprint density at radius 3 is 2.50 bits per heavy atom. The molecule has 0 unspecified atom stereocenters. The molecule has 0 aliphatic heterocycles. The molecule has 1 amide bonds. The Bertz CT molecular complexity index is 1630. The molecule has 4 heterocycles. The van der Waals surface area contributed by atoms with E-state index in [4.69, 9.17) is 5.10 Å². The number of rotatable bonds is 7. The molecule has 0 aliphatic carbocycles. The first-order valence-corrected chi connectivity index (χ1v) is 11.9. The fourth-order valence-electron chi connectivity index (χ4n) is 4.52. The molecule has 36 heavy (non-hydrogen) atoms. The first-order valence-electron chi connectivity index (χ1n) is 11.9. The monoisotopic (exact) mass is 482 g/mol. The highest BCUT2D eigenvalue weighted by Gasteiger charge is 2.22. The summed E-state index contributed by atoms with van der Waals surface area (Å²) in [6.07, 6.45) is 2.80. The number of pyridine rings is 2. The Kier molecular flexibility index (Phi) is 5.97. The summed E-state index contributed by atoms with van der Waals surface area (Å²) in [5.41, 5.74) is 5.84. The van der Waals surface area contributed by atoms with Crippen LogP contribution in [0.3, 0.4) is 0 Å². The zero-order valence-electron chi connectivity index (χ0n) is 20.3. The number of hydrogen-bond acceptors (Lipinski definition) is 5. The van der Waals surface area contributed by atoms with Crippen molar-refractivity contribution in [2.24, 2.45) is 0 Å². The van der Waals surface area contributed by atoms with Gasteiger partial charge in [-0.05, 0) is 56.2 Å². The van der Waals surface area contributed by atoms with Gasteiger partial charge in [0.2, 0.25) is 0 Å². The van der Waals surface area contributed by atoms with E-state index in [0.29, 0.717) is 42.1 Å². The molecule has 182 valence electrons. The number of nitrogens with zero attached hydrogens (tertiary/aromatic N) is 5. The van der Waals surface area contributed by atoms with E-state index < -0.39 is 5.97 Å². The molecule has 0 saturated carbocycles. The molecule has 9 nitrogen and oxygen atoms in total. The molecule has 0 spiro atoms. The van der Waals surface area contributed by atoms with Crippen LogP contribution in [-0.4, -0.2) is 41.1 Å². The lowest BCUT2D eigenvalue weighted by Crippen LogP contribution is -2.16. The summed E-state index contributed by atoms with van der Waals surface area (Å²) in [7, 11) is 0. The lowest BCUT2D eigenvalue weighted by atomic mass is 10.1. The average Bonchev–Trinajstić information content (AvgIpc) is 3.42. The van der Waals surface area contributed by atoms with E-state index >= 15 is 0 Å². The van der Waals surface area contributed by atoms with Crippen molar-refractivity contribution in [1.82, 2.24) is 24.1 Å². The molecule has 0 aliphatic rings. The number of carbonyl (C=O) groups is 2. The van der Waals surface area contributed by atoms with Crippen LogP contribution in [0.2, 0.25) is 0 Å². The number of amides is 1. The SMILES string of the molecule is CCc1nc2cc(C(=O)O)ccn2c1C(=O)Nc1cccc2c1c(CC)nn2Cc1cccc(C)n1. The normalized spacial score (nSPS) is 11.3. The van der Waals surface area contributed by atoms with Crippen molar-refractivity contribution in [2.75, 3.05) is 5.32 Å². The number of aromatic nitrogens is 5. The average molecular weight is 483 g/mol. The zero-order valence-corrected chi connectivity index (χ0v) is 20.3. The quantitative estimate of drug-likeness (QED) is 0.353. The van der Waals surface area contributed by atoms with Crippen LogP contribution in [0.4, 0.5) is 5.69 Å². The summed E-state index contributed by atoms with van der Waals surface area (Å²) < 4.78 is 3.55. The van der Waals surface area contributed by atoms with Crippen LogP contribution >= 0.6 is 0 Å². The van der Waals surface area contributed by atoms with Gasteiger partial charge in [-0.2, -0.15) is 5.10 Å². The lowest BCUT2D eigenvalue weighted by Gasteiger charge is -2.09. The number of anilines is 1. The summed E-state index contributed by atoms with van der Waals surface area (Å²) in [4.78, 5) is 34.0. The molecule has 0 saturated heterocycles. The van der Waals surface area contributed by atoms with Gasteiger partial charge < -0.3 is 10.4 Å². The van der Waals surface area contributed by atoms with Crippen LogP contribution in [0.1, 0.15) is 57.5 Å². The van der Waals surface area contributed by atoms with Crippen LogP contribution in [0, 0.1) is 6.92 Å². The van der Waals surface area contributed by atoms with Crippen LogP contribution in [0.15, 0.2) is 54.7 Å². The van der Waals surface area contributed by atoms with Crippen molar-refractivity contribution < 1.29 is 14.7 Å². The number of imidazole rings is 1. The lowest BCUT2D eigenvalue weighted by molar-refractivity contribution is 0.0696. The van der Waals surface area contributed by atoms with E-state index in [-0.39, 0.29) is 11.5 Å². The Balaban J connectivity index is 1.55. The van der Waals surface area contributed by atoms with Crippen molar-refractivity contribution in [3.63, 3.8) is 0 Å². The molecule has 5 aromatic rings. The first kappa shape index (κ1) is 23.2. The second kappa shape index (κ2) is 9.26. The van der Waals surface area contributed by atoms with Gasteiger partial charge >= 0.3 is 5.97 Å². The highest BCUT2D eigenvalue weighted by atomic mass is 16.4. The zero-order chi connectivity index (χ0) is 25.4. The molecule has 2 N–H and O–H groups in total. The number of aryl methyl sites for hydroxylation is 3. The molecule has 5 rings (SSSR count). The van der Waals surface area contributed by atoms with Crippen molar-refractivity contribution >= 4 is 34.1 Å². The number of aromatic carboxylic acids is 1. The van der Waals surface area contributed by atoms with E-state index in [2.05, 4.69) is 15.3 Å². The molecule has 1 aromatic carbocycles. The molecular weight excluding hydrogens is 456 g/mol. The highest BCUT2D eigenvalue weighted by molar-refractivity contribution is 6.09. The number of carboxylic acids is 1. The third-order valence-electron chi connectivity index (χ3n) is 6.19. The summed E-state index contributed by atoms with van der Waals surface area (Å²) in [6.45, 7) is 6.43. The van der Waals surface area contributed by atoms with Crippen LogP contribution < -0.4 is 5.32 Å². The van der Waals surface area contributed by atoms with Crippen molar-refractivity contribution in [2.45, 2.75) is 40.2 Å². The largest absolute Gasteiger partial charge is 0.478 e. The highest BCUT2D eigenvalue weighted by Crippen LogP contribution is 2.29. The smallest absolute Gasteiger partial charge is 0.335 e. The summed E-state index contributed by atoms with van der Waals surface area (Å²) >= 11 is 0. The maximum Gasteiger partial charge on any atom is 0.335 e. The van der Waals surface area contributed by atoms with Crippen LogP contribution in [0.25, 0.3) is 16.6 Å². The van der Waals surface area contributed by atoms with Crippen LogP contribution in [0.5, 0.6) is 0 Å².